The lowest BCUT2D eigenvalue weighted by atomic mass is 9.87. The Balaban J connectivity index is 1.77. The third-order valence-corrected chi connectivity index (χ3v) is 8.87. The van der Waals surface area contributed by atoms with Gasteiger partial charge in [-0.3, -0.25) is 9.69 Å². The molecule has 1 saturated carbocycles. The van der Waals surface area contributed by atoms with E-state index in [9.17, 15) is 17.6 Å². The maximum Gasteiger partial charge on any atom is 0.255 e. The third kappa shape index (κ3) is 5.43. The Morgan fingerprint density at radius 2 is 1.75 bits per heavy atom. The molecule has 0 aromatic heterocycles. The first-order valence-corrected chi connectivity index (χ1v) is 13.2. The van der Waals surface area contributed by atoms with Gasteiger partial charge in [0.15, 0.2) is 0 Å². The van der Waals surface area contributed by atoms with E-state index in [0.29, 0.717) is 43.9 Å². The number of aryl methyl sites for hydroxylation is 1. The van der Waals surface area contributed by atoms with Crippen molar-refractivity contribution in [3.05, 3.63) is 29.1 Å². The van der Waals surface area contributed by atoms with Gasteiger partial charge in [0, 0.05) is 44.3 Å². The average molecular weight is 470 g/mol. The SMILES string of the molecule is CCS(=O)(=O)N1CCN(C2(CNC(=O)c3c(C)cc(F)cc3OC)CCCCCC2)CC1. The number of carbonyl (C=O) groups is 1. The van der Waals surface area contributed by atoms with Gasteiger partial charge in [0.1, 0.15) is 11.6 Å². The summed E-state index contributed by atoms with van der Waals surface area (Å²) in [5.74, 6) is -0.355. The third-order valence-electron chi connectivity index (χ3n) is 6.99. The van der Waals surface area contributed by atoms with Crippen molar-refractivity contribution in [1.82, 2.24) is 14.5 Å². The highest BCUT2D eigenvalue weighted by molar-refractivity contribution is 7.89. The number of amides is 1. The molecule has 1 aliphatic heterocycles. The molecule has 1 saturated heterocycles. The van der Waals surface area contributed by atoms with Crippen LogP contribution in [0.3, 0.4) is 0 Å². The molecule has 32 heavy (non-hydrogen) atoms. The number of rotatable bonds is 7. The van der Waals surface area contributed by atoms with E-state index >= 15 is 0 Å². The quantitative estimate of drug-likeness (QED) is 0.621. The molecular formula is C23H36FN3O4S. The Morgan fingerprint density at radius 1 is 1.12 bits per heavy atom. The van der Waals surface area contributed by atoms with Crippen molar-refractivity contribution in [3.63, 3.8) is 0 Å². The number of methoxy groups -OCH3 is 1. The minimum absolute atomic E-state index is 0.118. The van der Waals surface area contributed by atoms with E-state index in [1.54, 1.807) is 18.2 Å². The lowest BCUT2D eigenvalue weighted by Gasteiger charge is -2.47. The molecule has 1 N–H and O–H groups in total. The van der Waals surface area contributed by atoms with Crippen molar-refractivity contribution in [1.29, 1.82) is 0 Å². The zero-order valence-corrected chi connectivity index (χ0v) is 20.3. The van der Waals surface area contributed by atoms with Crippen LogP contribution in [0.1, 0.15) is 61.4 Å². The molecule has 0 unspecified atom stereocenters. The summed E-state index contributed by atoms with van der Waals surface area (Å²) in [6.07, 6.45) is 6.45. The Kier molecular flexibility index (Phi) is 8.16. The number of hydrogen-bond acceptors (Lipinski definition) is 5. The highest BCUT2D eigenvalue weighted by atomic mass is 32.2. The highest BCUT2D eigenvalue weighted by Crippen LogP contribution is 2.34. The van der Waals surface area contributed by atoms with Gasteiger partial charge in [-0.2, -0.15) is 4.31 Å². The summed E-state index contributed by atoms with van der Waals surface area (Å²) in [6, 6.07) is 2.57. The minimum atomic E-state index is -3.19. The van der Waals surface area contributed by atoms with Crippen LogP contribution in [0.25, 0.3) is 0 Å². The van der Waals surface area contributed by atoms with Gasteiger partial charge in [0.2, 0.25) is 10.0 Å². The molecule has 0 bridgehead atoms. The second kappa shape index (κ2) is 10.5. The van der Waals surface area contributed by atoms with Gasteiger partial charge in [-0.05, 0) is 38.3 Å². The van der Waals surface area contributed by atoms with Crippen molar-refractivity contribution < 1.29 is 22.3 Å². The zero-order valence-electron chi connectivity index (χ0n) is 19.5. The first-order valence-electron chi connectivity index (χ1n) is 11.6. The average Bonchev–Trinajstić information content (AvgIpc) is 3.03. The van der Waals surface area contributed by atoms with Crippen molar-refractivity contribution in [3.8, 4) is 5.75 Å². The fourth-order valence-electron chi connectivity index (χ4n) is 5.11. The monoisotopic (exact) mass is 469 g/mol. The fourth-order valence-corrected chi connectivity index (χ4v) is 6.20. The first-order chi connectivity index (χ1) is 15.2. The van der Waals surface area contributed by atoms with Crippen LogP contribution < -0.4 is 10.1 Å². The normalized spacial score (nSPS) is 20.5. The van der Waals surface area contributed by atoms with Crippen LogP contribution in [0.2, 0.25) is 0 Å². The maximum atomic E-state index is 13.8. The van der Waals surface area contributed by atoms with Crippen LogP contribution in [0.15, 0.2) is 12.1 Å². The topological polar surface area (TPSA) is 79.0 Å². The molecule has 9 heteroatoms. The van der Waals surface area contributed by atoms with E-state index in [0.717, 1.165) is 25.7 Å². The Hall–Kier alpha value is -1.71. The van der Waals surface area contributed by atoms with Crippen LogP contribution in [0, 0.1) is 12.7 Å². The van der Waals surface area contributed by atoms with E-state index in [4.69, 9.17) is 4.74 Å². The molecular weight excluding hydrogens is 433 g/mol. The lowest BCUT2D eigenvalue weighted by Crippen LogP contribution is -2.61. The predicted octanol–water partition coefficient (Wildman–Crippen LogP) is 2.93. The number of ether oxygens (including phenoxy) is 1. The van der Waals surface area contributed by atoms with Crippen molar-refractivity contribution in [2.75, 3.05) is 45.6 Å². The molecule has 1 aromatic carbocycles. The molecule has 3 rings (SSSR count). The van der Waals surface area contributed by atoms with Crippen LogP contribution in [-0.4, -0.2) is 74.7 Å². The molecule has 7 nitrogen and oxygen atoms in total. The predicted molar refractivity (Wildman–Crippen MR) is 123 cm³/mol. The molecule has 0 atom stereocenters. The molecule has 1 amide bonds. The number of nitrogens with one attached hydrogen (secondary N) is 1. The minimum Gasteiger partial charge on any atom is -0.496 e. The van der Waals surface area contributed by atoms with Crippen LogP contribution in [0.4, 0.5) is 4.39 Å². The number of halogens is 1. The van der Waals surface area contributed by atoms with Gasteiger partial charge >= 0.3 is 0 Å². The van der Waals surface area contributed by atoms with Crippen molar-refractivity contribution in [2.45, 2.75) is 57.9 Å². The summed E-state index contributed by atoms with van der Waals surface area (Å²) < 4.78 is 45.1. The summed E-state index contributed by atoms with van der Waals surface area (Å²) >= 11 is 0. The van der Waals surface area contributed by atoms with Gasteiger partial charge in [0.05, 0.1) is 18.4 Å². The van der Waals surface area contributed by atoms with Gasteiger partial charge in [-0.15, -0.1) is 0 Å². The Bertz CT molecular complexity index is 906. The van der Waals surface area contributed by atoms with Crippen molar-refractivity contribution in [2.24, 2.45) is 0 Å². The Labute approximate surface area is 191 Å². The number of piperazine rings is 1. The summed E-state index contributed by atoms with van der Waals surface area (Å²) in [7, 11) is -1.76. The van der Waals surface area contributed by atoms with Crippen LogP contribution >= 0.6 is 0 Å². The van der Waals surface area contributed by atoms with Crippen LogP contribution in [-0.2, 0) is 10.0 Å². The van der Waals surface area contributed by atoms with Gasteiger partial charge in [-0.1, -0.05) is 25.7 Å². The number of sulfonamides is 1. The zero-order chi connectivity index (χ0) is 23.4. The van der Waals surface area contributed by atoms with Gasteiger partial charge in [0.25, 0.3) is 5.91 Å². The standard InChI is InChI=1S/C23H36FN3O4S/c1-4-32(29,30)27-13-11-26(12-14-27)23(9-7-5-6-8-10-23)17-25-22(28)21-18(2)15-19(24)16-20(21)31-3/h15-16H,4-14,17H2,1-3H3,(H,25,28). The second-order valence-electron chi connectivity index (χ2n) is 8.91. The van der Waals surface area contributed by atoms with E-state index in [1.165, 1.54) is 32.1 Å². The highest BCUT2D eigenvalue weighted by Gasteiger charge is 2.40. The van der Waals surface area contributed by atoms with Crippen molar-refractivity contribution >= 4 is 15.9 Å². The van der Waals surface area contributed by atoms with E-state index in [1.807, 2.05) is 0 Å². The van der Waals surface area contributed by atoms with Gasteiger partial charge in [-0.25, -0.2) is 12.8 Å². The smallest absolute Gasteiger partial charge is 0.255 e. The number of carbonyl (C=O) groups excluding carboxylic acids is 1. The molecule has 1 heterocycles. The van der Waals surface area contributed by atoms with Crippen LogP contribution in [0.5, 0.6) is 5.75 Å². The summed E-state index contributed by atoms with van der Waals surface area (Å²) in [5, 5.41) is 3.11. The molecule has 0 radical (unpaired) electrons. The van der Waals surface area contributed by atoms with Gasteiger partial charge < -0.3 is 10.1 Å². The largest absolute Gasteiger partial charge is 0.496 e. The fraction of sp³-hybridized carbons (Fsp3) is 0.696. The number of benzene rings is 1. The second-order valence-corrected chi connectivity index (χ2v) is 11.2. The summed E-state index contributed by atoms with van der Waals surface area (Å²) in [6.45, 7) is 6.15. The van der Waals surface area contributed by atoms with E-state index in [-0.39, 0.29) is 22.9 Å². The molecule has 1 aliphatic carbocycles. The summed E-state index contributed by atoms with van der Waals surface area (Å²) in [4.78, 5) is 15.5. The molecule has 1 aromatic rings. The summed E-state index contributed by atoms with van der Waals surface area (Å²) in [5.41, 5.74) is 0.694. The van der Waals surface area contributed by atoms with E-state index in [2.05, 4.69) is 10.2 Å². The molecule has 2 fully saturated rings. The molecule has 180 valence electrons. The Morgan fingerprint density at radius 3 is 2.31 bits per heavy atom. The van der Waals surface area contributed by atoms with E-state index < -0.39 is 15.8 Å². The lowest BCUT2D eigenvalue weighted by molar-refractivity contribution is 0.0391. The number of hydrogen-bond donors (Lipinski definition) is 1. The molecule has 0 spiro atoms. The molecule has 2 aliphatic rings. The first kappa shape index (κ1) is 24.9. The number of nitrogens with zero attached hydrogens (tertiary/aromatic N) is 2. The maximum absolute atomic E-state index is 13.8.